The summed E-state index contributed by atoms with van der Waals surface area (Å²) in [5.41, 5.74) is 0.430. The minimum absolute atomic E-state index is 0.0459. The van der Waals surface area contributed by atoms with Crippen molar-refractivity contribution in [3.8, 4) is 6.07 Å². The van der Waals surface area contributed by atoms with Crippen molar-refractivity contribution in [2.75, 3.05) is 12.3 Å². The molecule has 0 unspecified atom stereocenters. The van der Waals surface area contributed by atoms with Crippen LogP contribution in [0.5, 0.6) is 0 Å². The summed E-state index contributed by atoms with van der Waals surface area (Å²) in [6.45, 7) is 2.31. The SMILES string of the molecule is Cc1nc(CNCCS(=O)(=O)c2ccc(C#N)cc2)no1. The topological polar surface area (TPSA) is 109 Å². The van der Waals surface area contributed by atoms with Gasteiger partial charge in [0.25, 0.3) is 0 Å². The quantitative estimate of drug-likeness (QED) is 0.786. The second-order valence-corrected chi connectivity index (χ2v) is 6.47. The van der Waals surface area contributed by atoms with Gasteiger partial charge in [0.2, 0.25) is 5.89 Å². The molecule has 8 heteroatoms. The molecule has 0 spiro atoms. The lowest BCUT2D eigenvalue weighted by atomic mass is 10.2. The summed E-state index contributed by atoms with van der Waals surface area (Å²) < 4.78 is 29.0. The molecule has 0 aliphatic rings. The van der Waals surface area contributed by atoms with Gasteiger partial charge in [-0.15, -0.1) is 0 Å². The Hall–Kier alpha value is -2.24. The molecule has 0 saturated carbocycles. The summed E-state index contributed by atoms with van der Waals surface area (Å²) in [4.78, 5) is 4.21. The lowest BCUT2D eigenvalue weighted by Gasteiger charge is -2.05. The zero-order valence-corrected chi connectivity index (χ0v) is 12.2. The van der Waals surface area contributed by atoms with E-state index < -0.39 is 9.84 Å². The van der Waals surface area contributed by atoms with Gasteiger partial charge in [-0.1, -0.05) is 5.16 Å². The van der Waals surface area contributed by atoms with Crippen molar-refractivity contribution in [2.45, 2.75) is 18.4 Å². The Morgan fingerprint density at radius 3 is 2.62 bits per heavy atom. The number of aryl methyl sites for hydroxylation is 1. The van der Waals surface area contributed by atoms with E-state index in [2.05, 4.69) is 15.5 Å². The molecule has 2 aromatic rings. The van der Waals surface area contributed by atoms with E-state index in [4.69, 9.17) is 9.78 Å². The Morgan fingerprint density at radius 2 is 2.05 bits per heavy atom. The Balaban J connectivity index is 1.87. The molecular formula is C13H14N4O3S. The van der Waals surface area contributed by atoms with Crippen molar-refractivity contribution < 1.29 is 12.9 Å². The number of aromatic nitrogens is 2. The predicted octanol–water partition coefficient (Wildman–Crippen LogP) is 0.813. The highest BCUT2D eigenvalue weighted by atomic mass is 32.2. The molecule has 110 valence electrons. The number of rotatable bonds is 6. The molecule has 0 amide bonds. The van der Waals surface area contributed by atoms with Crippen LogP contribution in [-0.2, 0) is 16.4 Å². The fraction of sp³-hybridized carbons (Fsp3) is 0.308. The predicted molar refractivity (Wildman–Crippen MR) is 74.0 cm³/mol. The molecule has 0 aliphatic heterocycles. The molecule has 0 fully saturated rings. The number of sulfone groups is 1. The molecule has 1 aromatic heterocycles. The summed E-state index contributed by atoms with van der Waals surface area (Å²) in [7, 11) is -3.37. The van der Waals surface area contributed by atoms with E-state index >= 15 is 0 Å². The first-order valence-corrected chi connectivity index (χ1v) is 7.89. The average molecular weight is 306 g/mol. The van der Waals surface area contributed by atoms with Gasteiger partial charge in [0.15, 0.2) is 15.7 Å². The van der Waals surface area contributed by atoms with Crippen molar-refractivity contribution in [3.63, 3.8) is 0 Å². The average Bonchev–Trinajstić information content (AvgIpc) is 2.89. The van der Waals surface area contributed by atoms with Crippen molar-refractivity contribution in [2.24, 2.45) is 0 Å². The second-order valence-electron chi connectivity index (χ2n) is 4.36. The highest BCUT2D eigenvalue weighted by Gasteiger charge is 2.14. The Labute approximate surface area is 122 Å². The smallest absolute Gasteiger partial charge is 0.223 e. The molecule has 0 bridgehead atoms. The number of nitriles is 1. The lowest BCUT2D eigenvalue weighted by molar-refractivity contribution is 0.386. The number of benzene rings is 1. The van der Waals surface area contributed by atoms with Crippen LogP contribution in [0.3, 0.4) is 0 Å². The molecule has 0 saturated heterocycles. The molecular weight excluding hydrogens is 292 g/mol. The van der Waals surface area contributed by atoms with Crippen molar-refractivity contribution >= 4 is 9.84 Å². The van der Waals surface area contributed by atoms with E-state index in [1.165, 1.54) is 24.3 Å². The minimum Gasteiger partial charge on any atom is -0.340 e. The third-order valence-electron chi connectivity index (χ3n) is 2.74. The van der Waals surface area contributed by atoms with Gasteiger partial charge in [-0.05, 0) is 24.3 Å². The Morgan fingerprint density at radius 1 is 1.33 bits per heavy atom. The van der Waals surface area contributed by atoms with Crippen molar-refractivity contribution in [3.05, 3.63) is 41.5 Å². The van der Waals surface area contributed by atoms with Crippen LogP contribution in [0.4, 0.5) is 0 Å². The standard InChI is InChI=1S/C13H14N4O3S/c1-10-16-13(17-20-10)9-15-6-7-21(18,19)12-4-2-11(8-14)3-5-12/h2-5,15H,6-7,9H2,1H3. The summed E-state index contributed by atoms with van der Waals surface area (Å²) in [6, 6.07) is 7.81. The van der Waals surface area contributed by atoms with E-state index in [9.17, 15) is 8.42 Å². The van der Waals surface area contributed by atoms with Gasteiger partial charge in [-0.3, -0.25) is 0 Å². The van der Waals surface area contributed by atoms with E-state index in [1.807, 2.05) is 6.07 Å². The van der Waals surface area contributed by atoms with Gasteiger partial charge in [0, 0.05) is 13.5 Å². The summed E-state index contributed by atoms with van der Waals surface area (Å²) >= 11 is 0. The monoisotopic (exact) mass is 306 g/mol. The molecule has 1 aromatic carbocycles. The van der Waals surface area contributed by atoms with E-state index in [1.54, 1.807) is 6.92 Å². The van der Waals surface area contributed by atoms with Gasteiger partial charge >= 0.3 is 0 Å². The number of hydrogen-bond acceptors (Lipinski definition) is 7. The van der Waals surface area contributed by atoms with Crippen LogP contribution >= 0.6 is 0 Å². The minimum atomic E-state index is -3.37. The molecule has 21 heavy (non-hydrogen) atoms. The zero-order valence-electron chi connectivity index (χ0n) is 11.4. The van der Waals surface area contributed by atoms with E-state index in [-0.39, 0.29) is 17.2 Å². The summed E-state index contributed by atoms with van der Waals surface area (Å²) in [5.74, 6) is 0.913. The van der Waals surface area contributed by atoms with Crippen LogP contribution in [0.25, 0.3) is 0 Å². The van der Waals surface area contributed by atoms with Crippen LogP contribution in [0.2, 0.25) is 0 Å². The Bertz CT molecular complexity index is 744. The fourth-order valence-corrected chi connectivity index (χ4v) is 2.87. The summed E-state index contributed by atoms with van der Waals surface area (Å²) in [5, 5.41) is 15.3. The molecule has 1 N–H and O–H groups in total. The largest absolute Gasteiger partial charge is 0.340 e. The van der Waals surface area contributed by atoms with Crippen LogP contribution in [0.1, 0.15) is 17.3 Å². The normalized spacial score (nSPS) is 11.2. The third-order valence-corrected chi connectivity index (χ3v) is 4.47. The van der Waals surface area contributed by atoms with Crippen molar-refractivity contribution in [1.82, 2.24) is 15.5 Å². The molecule has 0 atom stereocenters. The van der Waals surface area contributed by atoms with Crippen LogP contribution in [0.15, 0.2) is 33.7 Å². The first kappa shape index (κ1) is 15.2. The van der Waals surface area contributed by atoms with Gasteiger partial charge < -0.3 is 9.84 Å². The van der Waals surface area contributed by atoms with E-state index in [0.717, 1.165) is 0 Å². The van der Waals surface area contributed by atoms with Crippen LogP contribution < -0.4 is 5.32 Å². The first-order valence-electron chi connectivity index (χ1n) is 6.24. The van der Waals surface area contributed by atoms with Crippen molar-refractivity contribution in [1.29, 1.82) is 5.26 Å². The maximum Gasteiger partial charge on any atom is 0.223 e. The van der Waals surface area contributed by atoms with Gasteiger partial charge in [-0.25, -0.2) is 8.42 Å². The van der Waals surface area contributed by atoms with Crippen LogP contribution in [0, 0.1) is 18.3 Å². The third kappa shape index (κ3) is 4.11. The summed E-state index contributed by atoms with van der Waals surface area (Å²) in [6.07, 6.45) is 0. The lowest BCUT2D eigenvalue weighted by Crippen LogP contribution is -2.23. The van der Waals surface area contributed by atoms with Gasteiger partial charge in [0.05, 0.1) is 28.8 Å². The maximum absolute atomic E-state index is 12.1. The number of hydrogen-bond donors (Lipinski definition) is 1. The molecule has 1 heterocycles. The van der Waals surface area contributed by atoms with E-state index in [0.29, 0.717) is 23.8 Å². The maximum atomic E-state index is 12.1. The first-order chi connectivity index (χ1) is 10.0. The van der Waals surface area contributed by atoms with Gasteiger partial charge in [0.1, 0.15) is 0 Å². The molecule has 0 radical (unpaired) electrons. The van der Waals surface area contributed by atoms with Crippen LogP contribution in [-0.4, -0.2) is 30.9 Å². The second kappa shape index (κ2) is 6.47. The number of nitrogens with zero attached hydrogens (tertiary/aromatic N) is 3. The highest BCUT2D eigenvalue weighted by Crippen LogP contribution is 2.11. The Kier molecular flexibility index (Phi) is 4.67. The molecule has 0 aliphatic carbocycles. The van der Waals surface area contributed by atoms with Gasteiger partial charge in [-0.2, -0.15) is 10.2 Å². The molecule has 7 nitrogen and oxygen atoms in total. The fourth-order valence-electron chi connectivity index (χ4n) is 1.67. The number of nitrogens with one attached hydrogen (secondary N) is 1. The highest BCUT2D eigenvalue weighted by molar-refractivity contribution is 7.91. The zero-order chi connectivity index (χ0) is 15.3. The molecule has 2 rings (SSSR count).